The van der Waals surface area contributed by atoms with Crippen LogP contribution in [-0.2, 0) is 4.79 Å². The molecule has 1 aliphatic rings. The smallest absolute Gasteiger partial charge is 0.267 e. The van der Waals surface area contributed by atoms with Crippen molar-refractivity contribution in [1.82, 2.24) is 4.90 Å². The van der Waals surface area contributed by atoms with Gasteiger partial charge in [0.25, 0.3) is 5.91 Å². The van der Waals surface area contributed by atoms with Crippen molar-refractivity contribution in [3.8, 4) is 0 Å². The monoisotopic (exact) mass is 370 g/mol. The van der Waals surface area contributed by atoms with Gasteiger partial charge < -0.3 is 0 Å². The molecule has 0 unspecified atom stereocenters. The molecule has 5 heteroatoms. The lowest BCUT2D eigenvalue weighted by molar-refractivity contribution is -0.122. The van der Waals surface area contributed by atoms with Gasteiger partial charge in [0.05, 0.1) is 5.69 Å². The second-order valence-electron chi connectivity index (χ2n) is 4.26. The van der Waals surface area contributed by atoms with Crippen LogP contribution in [0.2, 0.25) is 0 Å². The van der Waals surface area contributed by atoms with Gasteiger partial charge in [0, 0.05) is 10.6 Å². The number of halogens is 1. The highest BCUT2D eigenvalue weighted by molar-refractivity contribution is 14.1. The Kier molecular flexibility index (Phi) is 4.57. The molecule has 100 valence electrons. The minimum atomic E-state index is -0.257. The van der Waals surface area contributed by atoms with Gasteiger partial charge in [-0.25, -0.2) is 4.79 Å². The molecule has 2 rings (SSSR count). The summed E-state index contributed by atoms with van der Waals surface area (Å²) in [7, 11) is 0. The lowest BCUT2D eigenvalue weighted by atomic mass is 10.3. The Morgan fingerprint density at radius 1 is 1.21 bits per heavy atom. The van der Waals surface area contributed by atoms with E-state index in [1.807, 2.05) is 59.8 Å². The quantitative estimate of drug-likeness (QED) is 0.462. The summed E-state index contributed by atoms with van der Waals surface area (Å²) < 4.78 is 1.66. The Morgan fingerprint density at radius 2 is 1.89 bits per heavy atom. The van der Waals surface area contributed by atoms with Gasteiger partial charge in [-0.3, -0.25) is 14.6 Å². The molecule has 0 aromatic heterocycles. The van der Waals surface area contributed by atoms with E-state index in [-0.39, 0.29) is 11.9 Å². The van der Waals surface area contributed by atoms with Crippen LogP contribution >= 0.6 is 22.6 Å². The number of imide groups is 1. The Bertz CT molecular complexity index is 513. The molecule has 1 aromatic carbocycles. The zero-order chi connectivity index (χ0) is 13.8. The fourth-order valence-corrected chi connectivity index (χ4v) is 2.52. The normalized spacial score (nSPS) is 17.7. The van der Waals surface area contributed by atoms with E-state index in [4.69, 9.17) is 0 Å². The highest BCUT2D eigenvalue weighted by Crippen LogP contribution is 2.29. The van der Waals surface area contributed by atoms with E-state index in [9.17, 15) is 9.59 Å². The van der Waals surface area contributed by atoms with Gasteiger partial charge >= 0.3 is 6.03 Å². The molecule has 0 bridgehead atoms. The van der Waals surface area contributed by atoms with Crippen molar-refractivity contribution < 1.29 is 9.59 Å². The number of para-hydroxylation sites is 1. The minimum absolute atomic E-state index is 0.211. The van der Waals surface area contributed by atoms with E-state index in [0.29, 0.717) is 12.2 Å². The lowest BCUT2D eigenvalue weighted by Gasteiger charge is -2.16. The molecular formula is C14H15IN2O2. The summed E-state index contributed by atoms with van der Waals surface area (Å²) in [4.78, 5) is 27.4. The second-order valence-corrected chi connectivity index (χ2v) is 4.88. The molecule has 1 heterocycles. The molecule has 0 spiro atoms. The van der Waals surface area contributed by atoms with Crippen LogP contribution in [0.15, 0.2) is 40.1 Å². The fourth-order valence-electron chi connectivity index (χ4n) is 1.98. The average Bonchev–Trinajstić information content (AvgIpc) is 2.68. The standard InChI is InChI=1S/C14H15IN2O2/c1-2-3-9-16-13(18)12(10-15)17(14(16)19)11-7-5-4-6-8-11/h4-8,10H,2-3,9H2,1H3. The SMILES string of the molecule is CCCCN1C(=O)C(=CI)N(c2ccccc2)C1=O. The van der Waals surface area contributed by atoms with Crippen molar-refractivity contribution in [3.63, 3.8) is 0 Å². The first-order chi connectivity index (χ1) is 9.20. The van der Waals surface area contributed by atoms with E-state index in [0.717, 1.165) is 18.5 Å². The number of rotatable bonds is 4. The molecule has 19 heavy (non-hydrogen) atoms. The molecule has 4 nitrogen and oxygen atoms in total. The molecule has 0 atom stereocenters. The van der Waals surface area contributed by atoms with Crippen LogP contribution in [0.4, 0.5) is 10.5 Å². The van der Waals surface area contributed by atoms with Crippen LogP contribution in [0, 0.1) is 0 Å². The molecule has 1 fully saturated rings. The van der Waals surface area contributed by atoms with Crippen molar-refractivity contribution in [2.45, 2.75) is 19.8 Å². The molecule has 1 aromatic rings. The number of benzene rings is 1. The molecule has 0 N–H and O–H groups in total. The average molecular weight is 370 g/mol. The summed E-state index contributed by atoms with van der Waals surface area (Å²) in [6, 6.07) is 8.99. The van der Waals surface area contributed by atoms with E-state index in [1.165, 1.54) is 9.80 Å². The number of hydrogen-bond acceptors (Lipinski definition) is 2. The van der Waals surface area contributed by atoms with E-state index >= 15 is 0 Å². The van der Waals surface area contributed by atoms with Gasteiger partial charge in [-0.1, -0.05) is 54.1 Å². The number of unbranched alkanes of at least 4 members (excludes halogenated alkanes) is 1. The number of carbonyl (C=O) groups is 2. The van der Waals surface area contributed by atoms with Gasteiger partial charge in [0.15, 0.2) is 0 Å². The summed E-state index contributed by atoms with van der Waals surface area (Å²) in [5.74, 6) is -0.211. The number of carbonyl (C=O) groups excluding carboxylic acids is 2. The maximum Gasteiger partial charge on any atom is 0.336 e. The van der Waals surface area contributed by atoms with Crippen LogP contribution in [0.3, 0.4) is 0 Å². The van der Waals surface area contributed by atoms with Gasteiger partial charge in [0.2, 0.25) is 0 Å². The topological polar surface area (TPSA) is 40.6 Å². The Hall–Kier alpha value is -1.37. The van der Waals surface area contributed by atoms with Crippen molar-refractivity contribution >= 4 is 40.2 Å². The van der Waals surface area contributed by atoms with Crippen molar-refractivity contribution in [2.75, 3.05) is 11.4 Å². The minimum Gasteiger partial charge on any atom is -0.267 e. The number of nitrogens with zero attached hydrogens (tertiary/aromatic N) is 2. The highest BCUT2D eigenvalue weighted by atomic mass is 127. The van der Waals surface area contributed by atoms with Crippen LogP contribution < -0.4 is 4.90 Å². The largest absolute Gasteiger partial charge is 0.336 e. The first kappa shape index (κ1) is 14.0. The Balaban J connectivity index is 2.34. The number of hydrogen-bond donors (Lipinski definition) is 0. The lowest BCUT2D eigenvalue weighted by Crippen LogP contribution is -2.33. The Morgan fingerprint density at radius 3 is 2.47 bits per heavy atom. The van der Waals surface area contributed by atoms with Crippen LogP contribution in [0.1, 0.15) is 19.8 Å². The maximum atomic E-state index is 12.4. The van der Waals surface area contributed by atoms with Crippen LogP contribution in [0.25, 0.3) is 0 Å². The first-order valence-corrected chi connectivity index (χ1v) is 7.46. The first-order valence-electron chi connectivity index (χ1n) is 6.22. The number of urea groups is 1. The third-order valence-electron chi connectivity index (χ3n) is 2.98. The van der Waals surface area contributed by atoms with E-state index < -0.39 is 0 Å². The zero-order valence-electron chi connectivity index (χ0n) is 10.7. The van der Waals surface area contributed by atoms with Crippen molar-refractivity contribution in [2.24, 2.45) is 0 Å². The van der Waals surface area contributed by atoms with Crippen LogP contribution in [0.5, 0.6) is 0 Å². The molecule has 0 saturated carbocycles. The second kappa shape index (κ2) is 6.18. The molecule has 0 aliphatic carbocycles. The van der Waals surface area contributed by atoms with Crippen molar-refractivity contribution in [3.05, 3.63) is 40.1 Å². The maximum absolute atomic E-state index is 12.4. The number of anilines is 1. The molecule has 1 aliphatic heterocycles. The van der Waals surface area contributed by atoms with Gasteiger partial charge in [0.1, 0.15) is 5.70 Å². The van der Waals surface area contributed by atoms with Gasteiger partial charge in [-0.05, 0) is 18.6 Å². The summed E-state index contributed by atoms with van der Waals surface area (Å²) in [6.45, 7) is 2.51. The Labute approximate surface area is 126 Å². The summed E-state index contributed by atoms with van der Waals surface area (Å²) in [5, 5.41) is 0. The predicted molar refractivity (Wildman–Crippen MR) is 83.0 cm³/mol. The van der Waals surface area contributed by atoms with Gasteiger partial charge in [-0.15, -0.1) is 0 Å². The number of amides is 3. The van der Waals surface area contributed by atoms with E-state index in [1.54, 1.807) is 4.08 Å². The summed E-state index contributed by atoms with van der Waals surface area (Å²) in [5.41, 5.74) is 1.15. The predicted octanol–water partition coefficient (Wildman–Crippen LogP) is 3.53. The molecule has 1 saturated heterocycles. The van der Waals surface area contributed by atoms with Crippen LogP contribution in [-0.4, -0.2) is 23.4 Å². The third-order valence-corrected chi connectivity index (χ3v) is 3.57. The molecule has 0 radical (unpaired) electrons. The van der Waals surface area contributed by atoms with E-state index in [2.05, 4.69) is 0 Å². The van der Waals surface area contributed by atoms with Crippen molar-refractivity contribution in [1.29, 1.82) is 0 Å². The van der Waals surface area contributed by atoms with Gasteiger partial charge in [-0.2, -0.15) is 0 Å². The third kappa shape index (κ3) is 2.65. The molecule has 3 amide bonds. The summed E-state index contributed by atoms with van der Waals surface area (Å²) >= 11 is 2.00. The fraction of sp³-hybridized carbons (Fsp3) is 0.286. The highest BCUT2D eigenvalue weighted by Gasteiger charge is 2.41. The molecular weight excluding hydrogens is 355 g/mol. The summed E-state index contributed by atoms with van der Waals surface area (Å²) in [6.07, 6.45) is 1.78. The zero-order valence-corrected chi connectivity index (χ0v) is 12.8.